The Morgan fingerprint density at radius 1 is 0.737 bits per heavy atom. The molecule has 204 valence electrons. The molecule has 1 fully saturated rings. The lowest BCUT2D eigenvalue weighted by molar-refractivity contribution is 0.324. The Morgan fingerprint density at radius 3 is 1.84 bits per heavy atom. The smallest absolute Gasteiger partial charge is 0.243 e. The van der Waals surface area contributed by atoms with E-state index in [1.165, 1.54) is 4.31 Å². The molecule has 1 aliphatic rings. The molecular formula is C27H34N4O6S. The first-order valence-electron chi connectivity index (χ1n) is 12.2. The zero-order valence-electron chi connectivity index (χ0n) is 22.9. The van der Waals surface area contributed by atoms with E-state index >= 15 is 0 Å². The lowest BCUT2D eigenvalue weighted by atomic mass is 10.1. The topological polar surface area (TPSA) is 103 Å². The van der Waals surface area contributed by atoms with Crippen LogP contribution in [0.2, 0.25) is 0 Å². The summed E-state index contributed by atoms with van der Waals surface area (Å²) in [5.41, 5.74) is 3.77. The molecule has 2 aromatic carbocycles. The van der Waals surface area contributed by atoms with Gasteiger partial charge < -0.3 is 23.8 Å². The fourth-order valence-corrected chi connectivity index (χ4v) is 6.56. The van der Waals surface area contributed by atoms with Gasteiger partial charge in [-0.3, -0.25) is 0 Å². The van der Waals surface area contributed by atoms with E-state index in [4.69, 9.17) is 18.9 Å². The molecule has 0 radical (unpaired) electrons. The summed E-state index contributed by atoms with van der Waals surface area (Å²) < 4.78 is 50.3. The quantitative estimate of drug-likeness (QED) is 0.422. The maximum Gasteiger partial charge on any atom is 0.243 e. The summed E-state index contributed by atoms with van der Waals surface area (Å²) in [5, 5.41) is 8.82. The number of anilines is 1. The Hall–Kier alpha value is -3.57. The Kier molecular flexibility index (Phi) is 7.98. The normalized spacial score (nSPS) is 14.3. The number of piperazine rings is 1. The van der Waals surface area contributed by atoms with Crippen molar-refractivity contribution in [1.82, 2.24) is 14.5 Å². The molecule has 1 aromatic heterocycles. The number of rotatable bonds is 8. The number of benzene rings is 2. The lowest BCUT2D eigenvalue weighted by Gasteiger charge is -2.35. The summed E-state index contributed by atoms with van der Waals surface area (Å²) in [6.07, 6.45) is 0. The molecular weight excluding hydrogens is 508 g/mol. The Bertz CT molecular complexity index is 1390. The Morgan fingerprint density at radius 2 is 1.34 bits per heavy atom. The number of methoxy groups -OCH3 is 4. The van der Waals surface area contributed by atoms with Crippen molar-refractivity contribution in [3.05, 3.63) is 47.0 Å². The molecule has 1 aliphatic heterocycles. The first-order chi connectivity index (χ1) is 18.2. The molecule has 3 aromatic rings. The van der Waals surface area contributed by atoms with Crippen molar-refractivity contribution in [2.75, 3.05) is 59.5 Å². The average Bonchev–Trinajstić information content (AvgIpc) is 2.94. The van der Waals surface area contributed by atoms with Gasteiger partial charge in [-0.25, -0.2) is 8.42 Å². The van der Waals surface area contributed by atoms with E-state index in [1.807, 2.05) is 49.9 Å². The average molecular weight is 543 g/mol. The monoisotopic (exact) mass is 542 g/mol. The zero-order valence-corrected chi connectivity index (χ0v) is 23.7. The highest BCUT2D eigenvalue weighted by molar-refractivity contribution is 7.89. The number of nitrogens with zero attached hydrogens (tertiary/aromatic N) is 4. The highest BCUT2D eigenvalue weighted by Crippen LogP contribution is 2.41. The molecule has 0 unspecified atom stereocenters. The predicted molar refractivity (Wildman–Crippen MR) is 145 cm³/mol. The Labute approximate surface area is 224 Å². The highest BCUT2D eigenvalue weighted by Gasteiger charge is 2.31. The molecule has 2 heterocycles. The highest BCUT2D eigenvalue weighted by atomic mass is 32.2. The summed E-state index contributed by atoms with van der Waals surface area (Å²) >= 11 is 0. The van der Waals surface area contributed by atoms with Gasteiger partial charge in [0, 0.05) is 31.7 Å². The van der Waals surface area contributed by atoms with Crippen molar-refractivity contribution in [2.24, 2.45) is 0 Å². The van der Waals surface area contributed by atoms with Crippen molar-refractivity contribution in [2.45, 2.75) is 25.7 Å². The molecule has 0 atom stereocenters. The van der Waals surface area contributed by atoms with Gasteiger partial charge >= 0.3 is 0 Å². The minimum Gasteiger partial charge on any atom is -0.496 e. The number of sulfonamides is 1. The number of hydrogen-bond donors (Lipinski definition) is 0. The van der Waals surface area contributed by atoms with Crippen LogP contribution in [0.4, 0.5) is 5.82 Å². The van der Waals surface area contributed by atoms with Crippen LogP contribution in [0.15, 0.2) is 35.2 Å². The van der Waals surface area contributed by atoms with Crippen molar-refractivity contribution in [3.8, 4) is 34.3 Å². The van der Waals surface area contributed by atoms with Gasteiger partial charge in [0.25, 0.3) is 0 Å². The van der Waals surface area contributed by atoms with Crippen LogP contribution in [0.5, 0.6) is 23.0 Å². The van der Waals surface area contributed by atoms with Crippen LogP contribution in [-0.2, 0) is 10.0 Å². The van der Waals surface area contributed by atoms with Crippen LogP contribution in [0.25, 0.3) is 11.3 Å². The first-order valence-corrected chi connectivity index (χ1v) is 13.6. The fourth-order valence-electron chi connectivity index (χ4n) is 4.78. The van der Waals surface area contributed by atoms with Gasteiger partial charge in [-0.2, -0.15) is 4.31 Å². The van der Waals surface area contributed by atoms with E-state index in [2.05, 4.69) is 10.2 Å². The van der Waals surface area contributed by atoms with E-state index in [9.17, 15) is 8.42 Å². The van der Waals surface area contributed by atoms with E-state index in [-0.39, 0.29) is 0 Å². The van der Waals surface area contributed by atoms with Gasteiger partial charge in [0.2, 0.25) is 15.8 Å². The molecule has 10 nitrogen and oxygen atoms in total. The second-order valence-electron chi connectivity index (χ2n) is 9.06. The maximum atomic E-state index is 13.5. The van der Waals surface area contributed by atoms with Gasteiger partial charge in [-0.05, 0) is 67.8 Å². The van der Waals surface area contributed by atoms with E-state index < -0.39 is 10.0 Å². The van der Waals surface area contributed by atoms with Crippen LogP contribution in [-0.4, -0.2) is 77.5 Å². The van der Waals surface area contributed by atoms with Crippen LogP contribution in [0.3, 0.4) is 0 Å². The molecule has 0 aliphatic carbocycles. The van der Waals surface area contributed by atoms with Gasteiger partial charge in [0.15, 0.2) is 17.3 Å². The van der Waals surface area contributed by atoms with E-state index in [1.54, 1.807) is 34.5 Å². The summed E-state index contributed by atoms with van der Waals surface area (Å²) in [4.78, 5) is 2.37. The summed E-state index contributed by atoms with van der Waals surface area (Å²) in [6, 6.07) is 9.10. The van der Waals surface area contributed by atoms with Crippen molar-refractivity contribution in [1.29, 1.82) is 0 Å². The van der Waals surface area contributed by atoms with Gasteiger partial charge in [0.05, 0.1) is 39.0 Å². The van der Waals surface area contributed by atoms with Crippen LogP contribution < -0.4 is 23.8 Å². The molecule has 11 heteroatoms. The van der Waals surface area contributed by atoms with Gasteiger partial charge in [-0.15, -0.1) is 10.2 Å². The molecule has 1 saturated heterocycles. The van der Waals surface area contributed by atoms with Crippen molar-refractivity contribution >= 4 is 15.8 Å². The summed E-state index contributed by atoms with van der Waals surface area (Å²) in [6.45, 7) is 7.28. The van der Waals surface area contributed by atoms with Crippen LogP contribution in [0.1, 0.15) is 16.7 Å². The van der Waals surface area contributed by atoms with Crippen LogP contribution in [0, 0.1) is 20.8 Å². The molecule has 0 saturated carbocycles. The molecule has 0 amide bonds. The molecule has 4 rings (SSSR count). The standard InChI is InChI=1S/C27H34N4O6S/c1-17-14-24(18(2)19(3)26(17)36-6)38(32,33)31-12-10-30(11-13-31)25-9-8-21(28-29-25)20-15-22(34-4)27(37-7)23(16-20)35-5/h8-9,14-16H,10-13H2,1-7H3. The maximum absolute atomic E-state index is 13.5. The molecule has 38 heavy (non-hydrogen) atoms. The predicted octanol–water partition coefficient (Wildman–Crippen LogP) is 3.61. The van der Waals surface area contributed by atoms with Crippen molar-refractivity contribution < 1.29 is 27.4 Å². The fraction of sp³-hybridized carbons (Fsp3) is 0.407. The van der Waals surface area contributed by atoms with Gasteiger partial charge in [0.1, 0.15) is 5.75 Å². The molecule has 0 bridgehead atoms. The summed E-state index contributed by atoms with van der Waals surface area (Å²) in [7, 11) is 2.63. The molecule has 0 N–H and O–H groups in total. The van der Waals surface area contributed by atoms with E-state index in [0.717, 1.165) is 22.4 Å². The number of hydrogen-bond acceptors (Lipinski definition) is 9. The SMILES string of the molecule is COc1cc(-c2ccc(N3CCN(S(=O)(=O)c4cc(C)c(OC)c(C)c4C)CC3)nn2)cc(OC)c1OC. The van der Waals surface area contributed by atoms with E-state index in [0.29, 0.717) is 65.4 Å². The second-order valence-corrected chi connectivity index (χ2v) is 11.0. The van der Waals surface area contributed by atoms with Crippen LogP contribution >= 0.6 is 0 Å². The first kappa shape index (κ1) is 27.5. The van der Waals surface area contributed by atoms with Gasteiger partial charge in [-0.1, -0.05) is 0 Å². The lowest BCUT2D eigenvalue weighted by Crippen LogP contribution is -2.49. The minimum absolute atomic E-state index is 0.330. The Balaban J connectivity index is 1.50. The zero-order chi connectivity index (χ0) is 27.6. The summed E-state index contributed by atoms with van der Waals surface area (Å²) in [5.74, 6) is 2.97. The largest absolute Gasteiger partial charge is 0.496 e. The third-order valence-corrected chi connectivity index (χ3v) is 9.00. The second kappa shape index (κ2) is 11.0. The third kappa shape index (κ3) is 4.95. The molecule has 0 spiro atoms. The third-order valence-electron chi connectivity index (χ3n) is 6.97. The van der Waals surface area contributed by atoms with Crippen molar-refractivity contribution in [3.63, 3.8) is 0 Å². The number of aromatic nitrogens is 2. The number of aryl methyl sites for hydroxylation is 1. The minimum atomic E-state index is -3.65. The number of ether oxygens (including phenoxy) is 4.